The number of rotatable bonds is 7. The van der Waals surface area contributed by atoms with E-state index in [0.29, 0.717) is 17.1 Å². The number of nitrogens with one attached hydrogen (secondary N) is 2. The summed E-state index contributed by atoms with van der Waals surface area (Å²) in [6.07, 6.45) is 5.32. The maximum Gasteiger partial charge on any atom is 0.321 e. The smallest absolute Gasteiger partial charge is 0.321 e. The molecule has 0 atom stereocenters. The molecule has 10 heteroatoms. The molecule has 1 aliphatic rings. The van der Waals surface area contributed by atoms with E-state index >= 15 is 0 Å². The third-order valence-corrected chi connectivity index (χ3v) is 5.38. The van der Waals surface area contributed by atoms with Gasteiger partial charge in [0.2, 0.25) is 5.91 Å². The van der Waals surface area contributed by atoms with Gasteiger partial charge in [0.25, 0.3) is 11.1 Å². The minimum absolute atomic E-state index is 0.0144. The van der Waals surface area contributed by atoms with Crippen molar-refractivity contribution in [1.82, 2.24) is 20.8 Å². The molecule has 156 valence electrons. The van der Waals surface area contributed by atoms with E-state index in [1.54, 1.807) is 25.3 Å². The van der Waals surface area contributed by atoms with Crippen LogP contribution in [0, 0.1) is 0 Å². The SMILES string of the molecule is COc1ccc(-c2nnc(SCC(=O)NC(=O)NC3CCCCC3)o2)c(OC)c1. The standard InChI is InChI=1S/C19H24N4O5S/c1-26-13-8-9-14(15(10-13)27-2)17-22-23-19(28-17)29-11-16(24)21-18(25)20-12-6-4-3-5-7-12/h8-10,12H,3-7,11H2,1-2H3,(H2,20,21,24,25). The van der Waals surface area contributed by atoms with Gasteiger partial charge in [-0.2, -0.15) is 0 Å². The van der Waals surface area contributed by atoms with Gasteiger partial charge in [0, 0.05) is 12.1 Å². The lowest BCUT2D eigenvalue weighted by Crippen LogP contribution is -2.45. The fourth-order valence-electron chi connectivity index (χ4n) is 3.11. The maximum absolute atomic E-state index is 12.0. The fraction of sp³-hybridized carbons (Fsp3) is 0.474. The molecule has 1 aromatic carbocycles. The molecule has 0 bridgehead atoms. The maximum atomic E-state index is 12.0. The first-order chi connectivity index (χ1) is 14.1. The Morgan fingerprint density at radius 2 is 1.97 bits per heavy atom. The summed E-state index contributed by atoms with van der Waals surface area (Å²) >= 11 is 1.06. The summed E-state index contributed by atoms with van der Waals surface area (Å²) in [5.41, 5.74) is 0.615. The van der Waals surface area contributed by atoms with Crippen LogP contribution < -0.4 is 20.1 Å². The summed E-state index contributed by atoms with van der Waals surface area (Å²) in [5.74, 6) is 0.997. The molecule has 0 radical (unpaired) electrons. The number of thioether (sulfide) groups is 1. The molecule has 0 unspecified atom stereocenters. The van der Waals surface area contributed by atoms with E-state index in [1.165, 1.54) is 13.5 Å². The van der Waals surface area contributed by atoms with Gasteiger partial charge in [0.15, 0.2) is 0 Å². The van der Waals surface area contributed by atoms with Crippen LogP contribution in [0.1, 0.15) is 32.1 Å². The molecule has 0 saturated heterocycles. The summed E-state index contributed by atoms with van der Waals surface area (Å²) in [7, 11) is 3.10. The zero-order valence-corrected chi connectivity index (χ0v) is 17.2. The number of ether oxygens (including phenoxy) is 2. The summed E-state index contributed by atoms with van der Waals surface area (Å²) in [6, 6.07) is 4.90. The summed E-state index contributed by atoms with van der Waals surface area (Å²) in [6.45, 7) is 0. The van der Waals surface area contributed by atoms with Crippen molar-refractivity contribution in [3.63, 3.8) is 0 Å². The molecule has 1 aliphatic carbocycles. The molecule has 9 nitrogen and oxygen atoms in total. The third-order valence-electron chi connectivity index (χ3n) is 4.57. The zero-order chi connectivity index (χ0) is 20.6. The van der Waals surface area contributed by atoms with Crippen LogP contribution in [-0.2, 0) is 4.79 Å². The van der Waals surface area contributed by atoms with Crippen LogP contribution in [0.3, 0.4) is 0 Å². The minimum Gasteiger partial charge on any atom is -0.497 e. The van der Waals surface area contributed by atoms with Gasteiger partial charge in [-0.1, -0.05) is 31.0 Å². The van der Waals surface area contributed by atoms with E-state index < -0.39 is 11.9 Å². The lowest BCUT2D eigenvalue weighted by atomic mass is 9.96. The highest BCUT2D eigenvalue weighted by molar-refractivity contribution is 7.99. The van der Waals surface area contributed by atoms with Crippen molar-refractivity contribution in [2.45, 2.75) is 43.4 Å². The molecule has 3 amide bonds. The second-order valence-corrected chi connectivity index (χ2v) is 7.51. The van der Waals surface area contributed by atoms with Crippen molar-refractivity contribution >= 4 is 23.7 Å². The van der Waals surface area contributed by atoms with E-state index in [1.807, 2.05) is 0 Å². The van der Waals surface area contributed by atoms with Crippen LogP contribution in [0.25, 0.3) is 11.5 Å². The Kier molecular flexibility index (Phi) is 7.34. The number of benzene rings is 1. The fourth-order valence-corrected chi connectivity index (χ4v) is 3.67. The Labute approximate surface area is 172 Å². The number of carbonyl (C=O) groups is 2. The number of nitrogens with zero attached hydrogens (tertiary/aromatic N) is 2. The second-order valence-electron chi connectivity index (χ2n) is 6.58. The Morgan fingerprint density at radius 3 is 2.69 bits per heavy atom. The van der Waals surface area contributed by atoms with Gasteiger partial charge in [0.05, 0.1) is 25.5 Å². The number of hydrogen-bond donors (Lipinski definition) is 2. The minimum atomic E-state index is -0.461. The van der Waals surface area contributed by atoms with Crippen LogP contribution >= 0.6 is 11.8 Å². The second kappa shape index (κ2) is 10.1. The Bertz CT molecular complexity index is 851. The zero-order valence-electron chi connectivity index (χ0n) is 16.4. The Balaban J connectivity index is 1.51. The van der Waals surface area contributed by atoms with Crippen LogP contribution in [-0.4, -0.2) is 48.1 Å². The summed E-state index contributed by atoms with van der Waals surface area (Å²) < 4.78 is 16.1. The molecule has 1 saturated carbocycles. The summed E-state index contributed by atoms with van der Waals surface area (Å²) in [4.78, 5) is 23.9. The number of urea groups is 1. The van der Waals surface area contributed by atoms with Gasteiger partial charge in [-0.15, -0.1) is 10.2 Å². The van der Waals surface area contributed by atoms with Gasteiger partial charge in [-0.05, 0) is 25.0 Å². The number of carbonyl (C=O) groups excluding carboxylic acids is 2. The number of hydrogen-bond acceptors (Lipinski definition) is 8. The van der Waals surface area contributed by atoms with E-state index in [0.717, 1.165) is 37.4 Å². The lowest BCUT2D eigenvalue weighted by Gasteiger charge is -2.22. The van der Waals surface area contributed by atoms with Crippen molar-refractivity contribution < 1.29 is 23.5 Å². The van der Waals surface area contributed by atoms with Crippen LogP contribution in [0.5, 0.6) is 11.5 Å². The third kappa shape index (κ3) is 5.86. The number of aromatic nitrogens is 2. The Morgan fingerprint density at radius 1 is 1.17 bits per heavy atom. The highest BCUT2D eigenvalue weighted by Gasteiger charge is 2.18. The topological polar surface area (TPSA) is 116 Å². The van der Waals surface area contributed by atoms with Gasteiger partial charge in [-0.3, -0.25) is 10.1 Å². The predicted octanol–water partition coefficient (Wildman–Crippen LogP) is 3.00. The van der Waals surface area contributed by atoms with Crippen molar-refractivity contribution in [3.8, 4) is 23.0 Å². The van der Waals surface area contributed by atoms with Crippen molar-refractivity contribution in [2.75, 3.05) is 20.0 Å². The molecule has 29 heavy (non-hydrogen) atoms. The van der Waals surface area contributed by atoms with E-state index in [9.17, 15) is 9.59 Å². The van der Waals surface area contributed by atoms with E-state index in [4.69, 9.17) is 13.9 Å². The van der Waals surface area contributed by atoms with Crippen molar-refractivity contribution in [1.29, 1.82) is 0 Å². The molecule has 2 aromatic rings. The van der Waals surface area contributed by atoms with Gasteiger partial charge < -0.3 is 19.2 Å². The largest absolute Gasteiger partial charge is 0.497 e. The summed E-state index contributed by atoms with van der Waals surface area (Å²) in [5, 5.41) is 13.3. The normalized spacial score (nSPS) is 14.3. The molecule has 2 N–H and O–H groups in total. The monoisotopic (exact) mass is 420 g/mol. The van der Waals surface area contributed by atoms with Crippen molar-refractivity contribution in [3.05, 3.63) is 18.2 Å². The molecule has 0 aliphatic heterocycles. The van der Waals surface area contributed by atoms with Crippen LogP contribution in [0.4, 0.5) is 4.79 Å². The Hall–Kier alpha value is -2.75. The average molecular weight is 420 g/mol. The van der Waals surface area contributed by atoms with E-state index in [-0.39, 0.29) is 22.9 Å². The molecule has 1 aromatic heterocycles. The van der Waals surface area contributed by atoms with Gasteiger partial charge >= 0.3 is 6.03 Å². The quantitative estimate of drug-likeness (QED) is 0.657. The molecule has 0 spiro atoms. The van der Waals surface area contributed by atoms with Crippen molar-refractivity contribution in [2.24, 2.45) is 0 Å². The average Bonchev–Trinajstić information content (AvgIpc) is 3.21. The molecular weight excluding hydrogens is 396 g/mol. The number of methoxy groups -OCH3 is 2. The lowest BCUT2D eigenvalue weighted by molar-refractivity contribution is -0.117. The molecule has 1 fully saturated rings. The highest BCUT2D eigenvalue weighted by Crippen LogP contribution is 2.33. The number of imide groups is 1. The van der Waals surface area contributed by atoms with E-state index in [2.05, 4.69) is 20.8 Å². The first-order valence-electron chi connectivity index (χ1n) is 9.38. The van der Waals surface area contributed by atoms with Gasteiger partial charge in [0.1, 0.15) is 11.5 Å². The molecule has 1 heterocycles. The van der Waals surface area contributed by atoms with Gasteiger partial charge in [-0.25, -0.2) is 4.79 Å². The van der Waals surface area contributed by atoms with Crippen LogP contribution in [0.2, 0.25) is 0 Å². The first kappa shape index (κ1) is 21.0. The highest BCUT2D eigenvalue weighted by atomic mass is 32.2. The van der Waals surface area contributed by atoms with Crippen LogP contribution in [0.15, 0.2) is 27.8 Å². The molecule has 3 rings (SSSR count). The number of amides is 3. The molecular formula is C19H24N4O5S. The predicted molar refractivity (Wildman–Crippen MR) is 107 cm³/mol. The first-order valence-corrected chi connectivity index (χ1v) is 10.4.